The van der Waals surface area contributed by atoms with Crippen molar-refractivity contribution in [2.24, 2.45) is 0 Å². The van der Waals surface area contributed by atoms with Crippen molar-refractivity contribution in [2.75, 3.05) is 4.90 Å². The second kappa shape index (κ2) is 10.7. The topological polar surface area (TPSA) is 16.4 Å². The van der Waals surface area contributed by atoms with E-state index in [1.165, 1.54) is 44.2 Å². The van der Waals surface area contributed by atoms with Gasteiger partial charge in [-0.25, -0.2) is 0 Å². The Kier molecular flexibility index (Phi) is 6.45. The van der Waals surface area contributed by atoms with Crippen molar-refractivity contribution in [1.82, 2.24) is 0 Å². The number of hydrogen-bond donors (Lipinski definition) is 0. The molecule has 0 radical (unpaired) electrons. The van der Waals surface area contributed by atoms with E-state index in [2.05, 4.69) is 179 Å². The fraction of sp³-hybridized carbons (Fsp3) is 0.149. The zero-order valence-corrected chi connectivity index (χ0v) is 28.7. The fourth-order valence-corrected chi connectivity index (χ4v) is 8.02. The molecule has 0 aliphatic heterocycles. The Balaban J connectivity index is 1.32. The molecule has 8 aromatic rings. The largest absolute Gasteiger partial charge is 0.456 e. The van der Waals surface area contributed by atoms with E-state index < -0.39 is 0 Å². The number of anilines is 3. The summed E-state index contributed by atoms with van der Waals surface area (Å²) in [4.78, 5) is 2.45. The van der Waals surface area contributed by atoms with E-state index in [1.54, 1.807) is 0 Å². The Morgan fingerprint density at radius 2 is 1.20 bits per heavy atom. The lowest BCUT2D eigenvalue weighted by atomic mass is 9.82. The Bertz CT molecular complexity index is 2560. The smallest absolute Gasteiger partial charge is 0.136 e. The van der Waals surface area contributed by atoms with Crippen molar-refractivity contribution < 1.29 is 4.42 Å². The Morgan fingerprint density at radius 3 is 2.02 bits per heavy atom. The number of rotatable bonds is 4. The van der Waals surface area contributed by atoms with Gasteiger partial charge < -0.3 is 9.32 Å². The quantitative estimate of drug-likeness (QED) is 0.192. The third-order valence-electron chi connectivity index (χ3n) is 10.6. The van der Waals surface area contributed by atoms with Crippen LogP contribution in [0.4, 0.5) is 17.1 Å². The van der Waals surface area contributed by atoms with Crippen LogP contribution in [0.5, 0.6) is 0 Å². The lowest BCUT2D eigenvalue weighted by Gasteiger charge is -2.30. The van der Waals surface area contributed by atoms with Crippen molar-refractivity contribution in [3.8, 4) is 22.3 Å². The molecule has 0 amide bonds. The molecule has 7 aromatic carbocycles. The number of hydrogen-bond acceptors (Lipinski definition) is 2. The summed E-state index contributed by atoms with van der Waals surface area (Å²) in [6, 6.07) is 53.4. The molecule has 0 saturated carbocycles. The molecular weight excluding hydrogens is 595 g/mol. The minimum absolute atomic E-state index is 0.0558. The molecule has 2 heteroatoms. The van der Waals surface area contributed by atoms with E-state index in [0.717, 1.165) is 44.6 Å². The van der Waals surface area contributed by atoms with Crippen molar-refractivity contribution in [3.63, 3.8) is 0 Å². The summed E-state index contributed by atoms with van der Waals surface area (Å²) >= 11 is 0. The average Bonchev–Trinajstić information content (AvgIpc) is 3.59. The van der Waals surface area contributed by atoms with Crippen LogP contribution >= 0.6 is 0 Å². The molecule has 1 heterocycles. The Labute approximate surface area is 288 Å². The number of para-hydroxylation sites is 1. The maximum atomic E-state index is 6.43. The van der Waals surface area contributed by atoms with Gasteiger partial charge in [-0.1, -0.05) is 132 Å². The molecule has 0 saturated heterocycles. The maximum Gasteiger partial charge on any atom is 0.136 e. The van der Waals surface area contributed by atoms with Crippen molar-refractivity contribution in [3.05, 3.63) is 162 Å². The summed E-state index contributed by atoms with van der Waals surface area (Å²) in [7, 11) is 0. The van der Waals surface area contributed by atoms with Gasteiger partial charge in [-0.05, 0) is 98.1 Å². The molecule has 2 nitrogen and oxygen atoms in total. The lowest BCUT2D eigenvalue weighted by molar-refractivity contribution is 0.590. The third-order valence-corrected chi connectivity index (χ3v) is 10.6. The molecule has 0 bridgehead atoms. The van der Waals surface area contributed by atoms with Gasteiger partial charge in [-0.15, -0.1) is 0 Å². The summed E-state index contributed by atoms with van der Waals surface area (Å²) < 4.78 is 6.43. The Morgan fingerprint density at radius 1 is 0.531 bits per heavy atom. The van der Waals surface area contributed by atoms with Crippen LogP contribution in [-0.2, 0) is 10.8 Å². The van der Waals surface area contributed by atoms with Gasteiger partial charge in [-0.3, -0.25) is 0 Å². The highest BCUT2D eigenvalue weighted by molar-refractivity contribution is 6.10. The van der Waals surface area contributed by atoms with E-state index in [-0.39, 0.29) is 10.8 Å². The predicted molar refractivity (Wildman–Crippen MR) is 208 cm³/mol. The van der Waals surface area contributed by atoms with Gasteiger partial charge in [0.1, 0.15) is 11.2 Å². The fourth-order valence-electron chi connectivity index (χ4n) is 8.02. The number of furan rings is 1. The van der Waals surface area contributed by atoms with Gasteiger partial charge in [0.15, 0.2) is 0 Å². The van der Waals surface area contributed by atoms with Crippen LogP contribution in [-0.4, -0.2) is 0 Å². The number of fused-ring (bicyclic) bond motifs is 7. The predicted octanol–water partition coefficient (Wildman–Crippen LogP) is 13.5. The maximum absolute atomic E-state index is 6.43. The summed E-state index contributed by atoms with van der Waals surface area (Å²) in [5, 5.41) is 4.69. The first-order valence-electron chi connectivity index (χ1n) is 17.3. The first kappa shape index (κ1) is 29.5. The second-order valence-electron chi connectivity index (χ2n) is 15.0. The highest BCUT2D eigenvalue weighted by Crippen LogP contribution is 2.52. The van der Waals surface area contributed by atoms with Gasteiger partial charge in [0, 0.05) is 33.1 Å². The summed E-state index contributed by atoms with van der Waals surface area (Å²) in [5.74, 6) is 0. The minimum Gasteiger partial charge on any atom is -0.456 e. The van der Waals surface area contributed by atoms with Crippen molar-refractivity contribution in [1.29, 1.82) is 0 Å². The first-order valence-corrected chi connectivity index (χ1v) is 17.3. The van der Waals surface area contributed by atoms with Gasteiger partial charge in [0.05, 0.1) is 5.69 Å². The van der Waals surface area contributed by atoms with Crippen LogP contribution in [0.15, 0.2) is 150 Å². The molecule has 0 fully saturated rings. The first-order chi connectivity index (χ1) is 23.7. The standard InChI is InChI=1S/C47H39NO/c1-46(2,3)32-20-22-33(23-21-32)48(34-24-26-41-39(29-34)36-14-8-10-16-40(36)47(41,4)5)42-27-19-30-12-6-7-13-35(30)45(42)31-18-25-38-37-15-9-11-17-43(37)49-44(38)28-31/h6-29H,1-5H3. The molecular formula is C47H39NO. The van der Waals surface area contributed by atoms with E-state index in [4.69, 9.17) is 4.42 Å². The molecule has 1 aliphatic rings. The van der Waals surface area contributed by atoms with Crippen LogP contribution in [0, 0.1) is 0 Å². The molecule has 0 atom stereocenters. The molecule has 1 aromatic heterocycles. The molecule has 238 valence electrons. The molecule has 0 N–H and O–H groups in total. The van der Waals surface area contributed by atoms with E-state index >= 15 is 0 Å². The highest BCUT2D eigenvalue weighted by atomic mass is 16.3. The minimum atomic E-state index is -0.0558. The molecule has 0 unspecified atom stereocenters. The van der Waals surface area contributed by atoms with Crippen LogP contribution in [0.25, 0.3) is 55.0 Å². The van der Waals surface area contributed by atoms with E-state index in [9.17, 15) is 0 Å². The monoisotopic (exact) mass is 633 g/mol. The molecule has 0 spiro atoms. The molecule has 1 aliphatic carbocycles. The summed E-state index contributed by atoms with van der Waals surface area (Å²) in [5.41, 5.74) is 14.2. The summed E-state index contributed by atoms with van der Waals surface area (Å²) in [6.45, 7) is 11.5. The van der Waals surface area contributed by atoms with Crippen LogP contribution < -0.4 is 4.90 Å². The van der Waals surface area contributed by atoms with E-state index in [1.807, 2.05) is 6.07 Å². The zero-order valence-electron chi connectivity index (χ0n) is 28.7. The number of nitrogens with zero attached hydrogens (tertiary/aromatic N) is 1. The average molecular weight is 634 g/mol. The Hall–Kier alpha value is -5.60. The van der Waals surface area contributed by atoms with E-state index in [0.29, 0.717) is 0 Å². The van der Waals surface area contributed by atoms with Crippen LogP contribution in [0.3, 0.4) is 0 Å². The van der Waals surface area contributed by atoms with Crippen LogP contribution in [0.1, 0.15) is 51.3 Å². The zero-order chi connectivity index (χ0) is 33.5. The third kappa shape index (κ3) is 4.62. The van der Waals surface area contributed by atoms with Crippen molar-refractivity contribution >= 4 is 49.8 Å². The van der Waals surface area contributed by atoms with Gasteiger partial charge in [0.2, 0.25) is 0 Å². The summed E-state index contributed by atoms with van der Waals surface area (Å²) in [6.07, 6.45) is 0. The SMILES string of the molecule is CC(C)(C)c1ccc(N(c2ccc3c(c2)-c2ccccc2C3(C)C)c2ccc3ccccc3c2-c2ccc3c(c2)oc2ccccc23)cc1. The normalized spacial score (nSPS) is 13.6. The molecule has 9 rings (SSSR count). The number of benzene rings is 7. The second-order valence-corrected chi connectivity index (χ2v) is 15.0. The van der Waals surface area contributed by atoms with Gasteiger partial charge in [0.25, 0.3) is 0 Å². The lowest BCUT2D eigenvalue weighted by Crippen LogP contribution is -2.16. The van der Waals surface area contributed by atoms with Gasteiger partial charge >= 0.3 is 0 Å². The van der Waals surface area contributed by atoms with Crippen molar-refractivity contribution in [2.45, 2.75) is 45.4 Å². The highest BCUT2D eigenvalue weighted by Gasteiger charge is 2.35. The van der Waals surface area contributed by atoms with Gasteiger partial charge in [-0.2, -0.15) is 0 Å². The molecule has 49 heavy (non-hydrogen) atoms. The van der Waals surface area contributed by atoms with Crippen LogP contribution in [0.2, 0.25) is 0 Å².